The highest BCUT2D eigenvalue weighted by Crippen LogP contribution is 2.19. The van der Waals surface area contributed by atoms with Gasteiger partial charge in [-0.2, -0.15) is 5.10 Å². The molecule has 0 spiro atoms. The fraction of sp³-hybridized carbons (Fsp3) is 0.750. The van der Waals surface area contributed by atoms with Crippen molar-refractivity contribution < 1.29 is 0 Å². The fourth-order valence-electron chi connectivity index (χ4n) is 1.84. The van der Waals surface area contributed by atoms with Gasteiger partial charge in [-0.1, -0.05) is 20.8 Å². The van der Waals surface area contributed by atoms with Crippen LogP contribution in [0, 0.1) is 5.92 Å². The van der Waals surface area contributed by atoms with Crippen LogP contribution in [0.4, 0.5) is 0 Å². The molecule has 0 saturated carbocycles. The molecule has 0 aliphatic carbocycles. The Morgan fingerprint density at radius 1 is 1.40 bits per heavy atom. The van der Waals surface area contributed by atoms with Crippen LogP contribution in [-0.4, -0.2) is 9.78 Å². The predicted molar refractivity (Wildman–Crippen MR) is 63.7 cm³/mol. The third-order valence-electron chi connectivity index (χ3n) is 2.63. The van der Waals surface area contributed by atoms with E-state index in [0.29, 0.717) is 5.92 Å². The van der Waals surface area contributed by atoms with E-state index in [1.54, 1.807) is 0 Å². The lowest BCUT2D eigenvalue weighted by atomic mass is 10.0. The summed E-state index contributed by atoms with van der Waals surface area (Å²) in [4.78, 5) is 0. The molecule has 1 heterocycles. The van der Waals surface area contributed by atoms with Gasteiger partial charge in [-0.05, 0) is 31.7 Å². The Labute approximate surface area is 92.7 Å². The van der Waals surface area contributed by atoms with Crippen LogP contribution in [0.5, 0.6) is 0 Å². The maximum atomic E-state index is 6.18. The lowest BCUT2D eigenvalue weighted by Gasteiger charge is -2.15. The fourth-order valence-corrected chi connectivity index (χ4v) is 1.84. The zero-order valence-electron chi connectivity index (χ0n) is 10.3. The second-order valence-corrected chi connectivity index (χ2v) is 4.47. The van der Waals surface area contributed by atoms with Gasteiger partial charge in [-0.15, -0.1) is 0 Å². The van der Waals surface area contributed by atoms with E-state index in [9.17, 15) is 0 Å². The highest BCUT2D eigenvalue weighted by atomic mass is 15.3. The minimum atomic E-state index is 0.123. The number of aryl methyl sites for hydroxylation is 2. The third kappa shape index (κ3) is 3.06. The highest BCUT2D eigenvalue weighted by Gasteiger charge is 2.14. The van der Waals surface area contributed by atoms with Gasteiger partial charge in [0, 0.05) is 12.6 Å². The van der Waals surface area contributed by atoms with E-state index >= 15 is 0 Å². The van der Waals surface area contributed by atoms with E-state index in [0.717, 1.165) is 25.1 Å². The second-order valence-electron chi connectivity index (χ2n) is 4.47. The molecule has 86 valence electrons. The van der Waals surface area contributed by atoms with Crippen LogP contribution in [0.15, 0.2) is 6.07 Å². The zero-order chi connectivity index (χ0) is 11.4. The van der Waals surface area contributed by atoms with Gasteiger partial charge < -0.3 is 5.73 Å². The number of aromatic nitrogens is 2. The predicted octanol–water partition coefficient (Wildman–Crippen LogP) is 2.51. The first-order valence-electron chi connectivity index (χ1n) is 5.90. The molecule has 2 N–H and O–H groups in total. The Morgan fingerprint density at radius 3 is 2.53 bits per heavy atom. The van der Waals surface area contributed by atoms with Crippen LogP contribution in [-0.2, 0) is 13.0 Å². The zero-order valence-corrected chi connectivity index (χ0v) is 10.3. The van der Waals surface area contributed by atoms with Gasteiger partial charge in [0.1, 0.15) is 0 Å². The van der Waals surface area contributed by atoms with E-state index in [1.807, 2.05) is 4.68 Å². The van der Waals surface area contributed by atoms with E-state index in [-0.39, 0.29) is 6.04 Å². The number of hydrogen-bond acceptors (Lipinski definition) is 2. The first kappa shape index (κ1) is 12.2. The molecule has 1 aromatic rings. The summed E-state index contributed by atoms with van der Waals surface area (Å²) in [5.74, 6) is 0.630. The van der Waals surface area contributed by atoms with E-state index in [1.165, 1.54) is 5.69 Å². The maximum Gasteiger partial charge on any atom is 0.0625 e. The highest BCUT2D eigenvalue weighted by molar-refractivity contribution is 5.14. The van der Waals surface area contributed by atoms with E-state index < -0.39 is 0 Å². The lowest BCUT2D eigenvalue weighted by molar-refractivity contribution is 0.474. The summed E-state index contributed by atoms with van der Waals surface area (Å²) in [5.41, 5.74) is 8.51. The SMILES string of the molecule is CCc1cc(C(N)CC(C)C)n(CC)n1. The Bertz CT molecular complexity index is 302. The normalized spacial score (nSPS) is 13.5. The molecular formula is C12H23N3. The molecule has 0 aliphatic rings. The van der Waals surface area contributed by atoms with Crippen LogP contribution in [0.25, 0.3) is 0 Å². The van der Waals surface area contributed by atoms with Crippen LogP contribution in [0.2, 0.25) is 0 Å². The largest absolute Gasteiger partial charge is 0.323 e. The molecule has 3 nitrogen and oxygen atoms in total. The van der Waals surface area contributed by atoms with Crippen LogP contribution in [0.3, 0.4) is 0 Å². The topological polar surface area (TPSA) is 43.8 Å². The first-order chi connectivity index (χ1) is 7.08. The Balaban J connectivity index is 2.86. The van der Waals surface area contributed by atoms with Crippen molar-refractivity contribution in [1.82, 2.24) is 9.78 Å². The number of hydrogen-bond donors (Lipinski definition) is 1. The van der Waals surface area contributed by atoms with Gasteiger partial charge in [0.2, 0.25) is 0 Å². The summed E-state index contributed by atoms with van der Waals surface area (Å²) in [7, 11) is 0. The molecule has 1 rings (SSSR count). The second kappa shape index (κ2) is 5.31. The summed E-state index contributed by atoms with van der Waals surface area (Å²) < 4.78 is 2.03. The minimum Gasteiger partial charge on any atom is -0.323 e. The first-order valence-corrected chi connectivity index (χ1v) is 5.90. The molecule has 0 radical (unpaired) electrons. The van der Waals surface area contributed by atoms with E-state index in [2.05, 4.69) is 38.9 Å². The molecule has 0 saturated heterocycles. The Morgan fingerprint density at radius 2 is 2.07 bits per heavy atom. The third-order valence-corrected chi connectivity index (χ3v) is 2.63. The van der Waals surface area contributed by atoms with E-state index in [4.69, 9.17) is 5.73 Å². The lowest BCUT2D eigenvalue weighted by Crippen LogP contribution is -2.17. The minimum absolute atomic E-state index is 0.123. The van der Waals surface area contributed by atoms with Gasteiger partial charge in [-0.25, -0.2) is 0 Å². The van der Waals surface area contributed by atoms with Gasteiger partial charge in [0.05, 0.1) is 11.4 Å². The van der Waals surface area contributed by atoms with Crippen LogP contribution < -0.4 is 5.73 Å². The quantitative estimate of drug-likeness (QED) is 0.809. The Hall–Kier alpha value is -0.830. The molecule has 3 heteroatoms. The molecule has 1 aromatic heterocycles. The van der Waals surface area contributed by atoms with Gasteiger partial charge in [0.25, 0.3) is 0 Å². The molecule has 0 amide bonds. The average molecular weight is 209 g/mol. The average Bonchev–Trinajstić information content (AvgIpc) is 2.59. The molecule has 1 unspecified atom stereocenters. The Kier molecular flexibility index (Phi) is 4.33. The molecular weight excluding hydrogens is 186 g/mol. The van der Waals surface area contributed by atoms with Crippen molar-refractivity contribution in [3.63, 3.8) is 0 Å². The van der Waals surface area contributed by atoms with Crippen LogP contribution in [0.1, 0.15) is 51.5 Å². The van der Waals surface area contributed by atoms with Crippen LogP contribution >= 0.6 is 0 Å². The summed E-state index contributed by atoms with van der Waals surface area (Å²) in [6, 6.07) is 2.27. The monoisotopic (exact) mass is 209 g/mol. The van der Waals surface area contributed by atoms with Crippen molar-refractivity contribution >= 4 is 0 Å². The molecule has 0 fully saturated rings. The summed E-state index contributed by atoms with van der Waals surface area (Å²) in [5, 5.41) is 4.51. The number of rotatable bonds is 5. The van der Waals surface area contributed by atoms with Crippen molar-refractivity contribution in [2.45, 2.75) is 53.1 Å². The van der Waals surface area contributed by atoms with Gasteiger partial charge in [0.15, 0.2) is 0 Å². The molecule has 1 atom stereocenters. The smallest absolute Gasteiger partial charge is 0.0625 e. The van der Waals surface area contributed by atoms with Crippen molar-refractivity contribution in [2.24, 2.45) is 11.7 Å². The summed E-state index contributed by atoms with van der Waals surface area (Å²) in [6.07, 6.45) is 2.00. The van der Waals surface area contributed by atoms with Crippen molar-refractivity contribution in [2.75, 3.05) is 0 Å². The summed E-state index contributed by atoms with van der Waals surface area (Å²) in [6.45, 7) is 9.54. The number of nitrogens with two attached hydrogens (primary N) is 1. The van der Waals surface area contributed by atoms with Crippen molar-refractivity contribution in [1.29, 1.82) is 0 Å². The number of nitrogens with zero attached hydrogens (tertiary/aromatic N) is 2. The molecule has 0 bridgehead atoms. The summed E-state index contributed by atoms with van der Waals surface area (Å²) >= 11 is 0. The van der Waals surface area contributed by atoms with Crippen molar-refractivity contribution in [3.8, 4) is 0 Å². The van der Waals surface area contributed by atoms with Gasteiger partial charge >= 0.3 is 0 Å². The standard InChI is InChI=1S/C12H23N3/c1-5-10-8-12(15(6-2)14-10)11(13)7-9(3)4/h8-9,11H,5-7,13H2,1-4H3. The molecule has 15 heavy (non-hydrogen) atoms. The van der Waals surface area contributed by atoms with Crippen molar-refractivity contribution in [3.05, 3.63) is 17.5 Å². The molecule has 0 aliphatic heterocycles. The van der Waals surface area contributed by atoms with Gasteiger partial charge in [-0.3, -0.25) is 4.68 Å². The molecule has 0 aromatic carbocycles. The maximum absolute atomic E-state index is 6.18.